The summed E-state index contributed by atoms with van der Waals surface area (Å²) in [6, 6.07) is 0. The number of amides is 1. The summed E-state index contributed by atoms with van der Waals surface area (Å²) >= 11 is 1.22. The number of nitrogens with one attached hydrogen (secondary N) is 1. The van der Waals surface area contributed by atoms with Crippen molar-refractivity contribution in [3.8, 4) is 0 Å². The Morgan fingerprint density at radius 1 is 1.38 bits per heavy atom. The molecule has 0 unspecified atom stereocenters. The SMILES string of the molecule is Cc1c(C(=O)Nc2cnn(C)c2)sc2ncn(C)c(=O)c12. The second-order valence-electron chi connectivity index (χ2n) is 4.75. The maximum absolute atomic E-state index is 12.3. The summed E-state index contributed by atoms with van der Waals surface area (Å²) in [7, 11) is 3.41. The summed E-state index contributed by atoms with van der Waals surface area (Å²) < 4.78 is 3.01. The summed E-state index contributed by atoms with van der Waals surface area (Å²) in [5, 5.41) is 7.26. The lowest BCUT2D eigenvalue weighted by atomic mass is 10.2. The number of carbonyl (C=O) groups is 1. The topological polar surface area (TPSA) is 81.8 Å². The van der Waals surface area contributed by atoms with E-state index in [0.717, 1.165) is 0 Å². The van der Waals surface area contributed by atoms with E-state index in [1.807, 2.05) is 0 Å². The van der Waals surface area contributed by atoms with Crippen molar-refractivity contribution < 1.29 is 4.79 Å². The van der Waals surface area contributed by atoms with Crippen molar-refractivity contribution in [2.24, 2.45) is 14.1 Å². The molecule has 3 aromatic rings. The summed E-state index contributed by atoms with van der Waals surface area (Å²) in [6.45, 7) is 1.76. The standard InChI is InChI=1S/C13H13N5O2S/c1-7-9-12(14-6-17(2)13(9)20)21-10(7)11(19)16-8-4-15-18(3)5-8/h4-6H,1-3H3,(H,16,19). The molecule has 0 fully saturated rings. The molecule has 1 amide bonds. The molecule has 8 heteroatoms. The molecule has 0 aliphatic carbocycles. The Morgan fingerprint density at radius 2 is 2.14 bits per heavy atom. The van der Waals surface area contributed by atoms with Crippen LogP contribution >= 0.6 is 11.3 Å². The van der Waals surface area contributed by atoms with Gasteiger partial charge >= 0.3 is 0 Å². The van der Waals surface area contributed by atoms with Crippen LogP contribution in [0.1, 0.15) is 15.2 Å². The summed E-state index contributed by atoms with van der Waals surface area (Å²) in [5.74, 6) is -0.259. The van der Waals surface area contributed by atoms with Crippen molar-refractivity contribution in [2.75, 3.05) is 5.32 Å². The maximum Gasteiger partial charge on any atom is 0.266 e. The van der Waals surface area contributed by atoms with E-state index in [4.69, 9.17) is 0 Å². The Morgan fingerprint density at radius 3 is 2.81 bits per heavy atom. The van der Waals surface area contributed by atoms with Gasteiger partial charge in [0.1, 0.15) is 4.83 Å². The van der Waals surface area contributed by atoms with Gasteiger partial charge in [-0.15, -0.1) is 11.3 Å². The van der Waals surface area contributed by atoms with Gasteiger partial charge < -0.3 is 9.88 Å². The van der Waals surface area contributed by atoms with Crippen molar-refractivity contribution >= 4 is 33.1 Å². The molecule has 21 heavy (non-hydrogen) atoms. The number of thiophene rings is 1. The third-order valence-electron chi connectivity index (χ3n) is 3.18. The normalized spacial score (nSPS) is 11.0. The van der Waals surface area contributed by atoms with Crippen molar-refractivity contribution in [2.45, 2.75) is 6.92 Å². The fourth-order valence-electron chi connectivity index (χ4n) is 2.10. The van der Waals surface area contributed by atoms with E-state index in [0.29, 0.717) is 26.3 Å². The minimum absolute atomic E-state index is 0.144. The number of hydrogen-bond donors (Lipinski definition) is 1. The molecule has 0 spiro atoms. The minimum Gasteiger partial charge on any atom is -0.319 e. The molecule has 1 N–H and O–H groups in total. The number of hydrogen-bond acceptors (Lipinski definition) is 5. The fourth-order valence-corrected chi connectivity index (χ4v) is 3.13. The first-order valence-corrected chi connectivity index (χ1v) is 7.03. The molecule has 0 aliphatic heterocycles. The summed E-state index contributed by atoms with van der Waals surface area (Å²) in [6.07, 6.45) is 4.74. The third-order valence-corrected chi connectivity index (χ3v) is 4.38. The van der Waals surface area contributed by atoms with E-state index in [1.165, 1.54) is 22.2 Å². The fraction of sp³-hybridized carbons (Fsp3) is 0.231. The quantitative estimate of drug-likeness (QED) is 0.773. The largest absolute Gasteiger partial charge is 0.319 e. The van der Waals surface area contributed by atoms with Crippen LogP contribution in [0.25, 0.3) is 10.2 Å². The van der Waals surface area contributed by atoms with Gasteiger partial charge in [-0.3, -0.25) is 14.3 Å². The number of anilines is 1. The lowest BCUT2D eigenvalue weighted by Crippen LogP contribution is -2.17. The number of nitrogens with zero attached hydrogens (tertiary/aromatic N) is 4. The minimum atomic E-state index is -0.259. The predicted octanol–water partition coefficient (Wildman–Crippen LogP) is 1.29. The lowest BCUT2D eigenvalue weighted by molar-refractivity contribution is 0.103. The molecule has 0 aromatic carbocycles. The van der Waals surface area contributed by atoms with Crippen LogP contribution in [0.5, 0.6) is 0 Å². The van der Waals surface area contributed by atoms with Crippen LogP contribution in [-0.4, -0.2) is 25.2 Å². The molecule has 3 rings (SSSR count). The van der Waals surface area contributed by atoms with Crippen LogP contribution in [0.3, 0.4) is 0 Å². The molecule has 0 saturated heterocycles. The third kappa shape index (κ3) is 2.23. The zero-order valence-corrected chi connectivity index (χ0v) is 12.6. The van der Waals surface area contributed by atoms with Crippen LogP contribution < -0.4 is 10.9 Å². The van der Waals surface area contributed by atoms with E-state index in [2.05, 4.69) is 15.4 Å². The Kier molecular flexibility index (Phi) is 3.09. The molecule has 7 nitrogen and oxygen atoms in total. The molecule has 108 valence electrons. The lowest BCUT2D eigenvalue weighted by Gasteiger charge is -2.00. The van der Waals surface area contributed by atoms with E-state index in [9.17, 15) is 9.59 Å². The summed E-state index contributed by atoms with van der Waals surface area (Å²) in [5.41, 5.74) is 1.12. The van der Waals surface area contributed by atoms with Crippen LogP contribution in [-0.2, 0) is 14.1 Å². The first-order chi connectivity index (χ1) is 9.97. The highest BCUT2D eigenvalue weighted by Gasteiger charge is 2.19. The van der Waals surface area contributed by atoms with Crippen molar-refractivity contribution in [1.29, 1.82) is 0 Å². The van der Waals surface area contributed by atoms with Gasteiger partial charge in [-0.25, -0.2) is 4.98 Å². The number of aryl methyl sites for hydroxylation is 3. The van der Waals surface area contributed by atoms with Gasteiger partial charge in [0, 0.05) is 20.3 Å². The molecular formula is C13H13N5O2S. The molecule has 0 saturated carbocycles. The number of fused-ring (bicyclic) bond motifs is 1. The zero-order chi connectivity index (χ0) is 15.1. The van der Waals surface area contributed by atoms with E-state index < -0.39 is 0 Å². The molecule has 3 aromatic heterocycles. The molecule has 0 bridgehead atoms. The van der Waals surface area contributed by atoms with Gasteiger partial charge in [0.25, 0.3) is 11.5 Å². The second-order valence-corrected chi connectivity index (χ2v) is 5.75. The highest BCUT2D eigenvalue weighted by molar-refractivity contribution is 7.20. The summed E-state index contributed by atoms with van der Waals surface area (Å²) in [4.78, 5) is 29.7. The van der Waals surface area contributed by atoms with Crippen molar-refractivity contribution in [3.63, 3.8) is 0 Å². The van der Waals surface area contributed by atoms with Crippen molar-refractivity contribution in [3.05, 3.63) is 39.5 Å². The van der Waals surface area contributed by atoms with Crippen LogP contribution in [0, 0.1) is 6.92 Å². The second kappa shape index (κ2) is 4.81. The molecule has 0 aliphatic rings. The van der Waals surface area contributed by atoms with Gasteiger partial charge in [0.2, 0.25) is 0 Å². The van der Waals surface area contributed by atoms with E-state index in [-0.39, 0.29) is 11.5 Å². The zero-order valence-electron chi connectivity index (χ0n) is 11.7. The monoisotopic (exact) mass is 303 g/mol. The van der Waals surface area contributed by atoms with Gasteiger partial charge in [-0.1, -0.05) is 0 Å². The van der Waals surface area contributed by atoms with Crippen LogP contribution in [0.2, 0.25) is 0 Å². The molecule has 0 atom stereocenters. The highest BCUT2D eigenvalue weighted by Crippen LogP contribution is 2.27. The average molecular weight is 303 g/mol. The molecule has 0 radical (unpaired) electrons. The van der Waals surface area contributed by atoms with E-state index >= 15 is 0 Å². The number of rotatable bonds is 2. The number of carbonyl (C=O) groups excluding carboxylic acids is 1. The van der Waals surface area contributed by atoms with Gasteiger partial charge in [-0.05, 0) is 12.5 Å². The van der Waals surface area contributed by atoms with E-state index in [1.54, 1.807) is 38.1 Å². The van der Waals surface area contributed by atoms with Crippen LogP contribution in [0.15, 0.2) is 23.5 Å². The molecular weight excluding hydrogens is 290 g/mol. The Balaban J connectivity index is 2.04. The highest BCUT2D eigenvalue weighted by atomic mass is 32.1. The van der Waals surface area contributed by atoms with Crippen molar-refractivity contribution in [1.82, 2.24) is 19.3 Å². The average Bonchev–Trinajstić information content (AvgIpc) is 2.98. The maximum atomic E-state index is 12.3. The first-order valence-electron chi connectivity index (χ1n) is 6.22. The Hall–Kier alpha value is -2.48. The predicted molar refractivity (Wildman–Crippen MR) is 80.8 cm³/mol. The van der Waals surface area contributed by atoms with Crippen LogP contribution in [0.4, 0.5) is 5.69 Å². The number of aromatic nitrogens is 4. The Labute approximate surface area is 123 Å². The smallest absolute Gasteiger partial charge is 0.266 e. The molecule has 3 heterocycles. The van der Waals surface area contributed by atoms with Gasteiger partial charge in [0.05, 0.1) is 28.5 Å². The van der Waals surface area contributed by atoms with Gasteiger partial charge in [-0.2, -0.15) is 5.10 Å². The Bertz CT molecular complexity index is 905. The first kappa shape index (κ1) is 13.5. The van der Waals surface area contributed by atoms with Gasteiger partial charge in [0.15, 0.2) is 0 Å².